The third kappa shape index (κ3) is 3.81. The fourth-order valence-electron chi connectivity index (χ4n) is 4.00. The number of aromatic nitrogens is 1. The maximum atomic E-state index is 13.0. The Morgan fingerprint density at radius 3 is 2.61 bits per heavy atom. The molecule has 2 aromatic carbocycles. The highest BCUT2D eigenvalue weighted by atomic mass is 32.1. The predicted octanol–water partition coefficient (Wildman–Crippen LogP) is 5.83. The summed E-state index contributed by atoms with van der Waals surface area (Å²) in [6.07, 6.45) is 0. The monoisotopic (exact) mass is 458 g/mol. The number of esters is 1. The minimum atomic E-state index is -0.615. The lowest BCUT2D eigenvalue weighted by molar-refractivity contribution is -0.139. The standard InChI is InChI=1S/C26H22N2O4S/c1-3-30-26(29)21-15(2)31-24(27)23(25-28-17-11-7-8-12-20(17)33-25)22(21)19-14-13-18(32-19)16-9-5-4-6-10-16/h4-14,22H,3,27H2,1-2H3/t22-/m1/s1. The van der Waals surface area contributed by atoms with Gasteiger partial charge in [-0.3, -0.25) is 0 Å². The van der Waals surface area contributed by atoms with E-state index in [0.29, 0.717) is 33.4 Å². The van der Waals surface area contributed by atoms with E-state index in [9.17, 15) is 4.79 Å². The van der Waals surface area contributed by atoms with E-state index < -0.39 is 11.9 Å². The second-order valence-corrected chi connectivity index (χ2v) is 8.59. The molecule has 1 atom stereocenters. The molecular formula is C26H22N2O4S. The van der Waals surface area contributed by atoms with E-state index in [0.717, 1.165) is 15.8 Å². The van der Waals surface area contributed by atoms with Crippen molar-refractivity contribution in [1.29, 1.82) is 0 Å². The summed E-state index contributed by atoms with van der Waals surface area (Å²) >= 11 is 1.49. The molecule has 2 aromatic heterocycles. The van der Waals surface area contributed by atoms with E-state index in [-0.39, 0.29) is 12.5 Å². The van der Waals surface area contributed by atoms with Crippen molar-refractivity contribution in [2.24, 2.45) is 5.73 Å². The summed E-state index contributed by atoms with van der Waals surface area (Å²) in [7, 11) is 0. The highest BCUT2D eigenvalue weighted by Crippen LogP contribution is 2.47. The number of carbonyl (C=O) groups excluding carboxylic acids is 1. The summed E-state index contributed by atoms with van der Waals surface area (Å²) in [6, 6.07) is 21.4. The number of para-hydroxylation sites is 1. The quantitative estimate of drug-likeness (QED) is 0.378. The van der Waals surface area contributed by atoms with Gasteiger partial charge in [0, 0.05) is 5.56 Å². The van der Waals surface area contributed by atoms with Gasteiger partial charge < -0.3 is 19.6 Å². The second-order valence-electron chi connectivity index (χ2n) is 7.56. The normalized spacial score (nSPS) is 16.2. The fraction of sp³-hybridized carbons (Fsp3) is 0.154. The average molecular weight is 459 g/mol. The molecule has 0 aliphatic carbocycles. The molecule has 4 aromatic rings. The topological polar surface area (TPSA) is 87.6 Å². The summed E-state index contributed by atoms with van der Waals surface area (Å²) in [5, 5.41) is 0.672. The number of thiazole rings is 1. The lowest BCUT2D eigenvalue weighted by Gasteiger charge is -2.27. The summed E-state index contributed by atoms with van der Waals surface area (Å²) in [6.45, 7) is 3.72. The van der Waals surface area contributed by atoms with Crippen molar-refractivity contribution in [3.05, 3.63) is 94.7 Å². The van der Waals surface area contributed by atoms with Crippen LogP contribution in [0.1, 0.15) is 30.5 Å². The molecule has 0 saturated carbocycles. The maximum absolute atomic E-state index is 13.0. The number of fused-ring (bicyclic) bond motifs is 1. The van der Waals surface area contributed by atoms with E-state index in [1.165, 1.54) is 11.3 Å². The third-order valence-corrected chi connectivity index (χ3v) is 6.54. The summed E-state index contributed by atoms with van der Waals surface area (Å²) in [4.78, 5) is 17.8. The van der Waals surface area contributed by atoms with Crippen molar-refractivity contribution in [3.8, 4) is 11.3 Å². The Labute approximate surface area is 195 Å². The van der Waals surface area contributed by atoms with Gasteiger partial charge in [-0.2, -0.15) is 0 Å². The van der Waals surface area contributed by atoms with Crippen molar-refractivity contribution in [2.75, 3.05) is 6.61 Å². The third-order valence-electron chi connectivity index (χ3n) is 5.47. The van der Waals surface area contributed by atoms with E-state index >= 15 is 0 Å². The van der Waals surface area contributed by atoms with E-state index in [1.807, 2.05) is 66.7 Å². The van der Waals surface area contributed by atoms with Crippen LogP contribution in [-0.2, 0) is 14.3 Å². The van der Waals surface area contributed by atoms with Gasteiger partial charge in [0.25, 0.3) is 0 Å². The van der Waals surface area contributed by atoms with Crippen molar-refractivity contribution in [2.45, 2.75) is 19.8 Å². The molecule has 3 heterocycles. The SMILES string of the molecule is CCOC(=O)C1=C(C)OC(N)=C(c2nc3ccccc3s2)[C@@H]1c1ccc(-c2ccccc2)o1. The molecular weight excluding hydrogens is 436 g/mol. The van der Waals surface area contributed by atoms with Gasteiger partial charge >= 0.3 is 5.97 Å². The Morgan fingerprint density at radius 2 is 1.85 bits per heavy atom. The number of allylic oxidation sites excluding steroid dienone is 2. The Bertz CT molecular complexity index is 1360. The fourth-order valence-corrected chi connectivity index (χ4v) is 5.05. The van der Waals surface area contributed by atoms with Crippen LogP contribution in [0.2, 0.25) is 0 Å². The molecule has 2 N–H and O–H groups in total. The molecule has 0 amide bonds. The van der Waals surface area contributed by atoms with Crippen LogP contribution in [0.3, 0.4) is 0 Å². The molecule has 0 bridgehead atoms. The Balaban J connectivity index is 1.68. The molecule has 7 heteroatoms. The summed E-state index contributed by atoms with van der Waals surface area (Å²) < 4.78 is 18.5. The highest BCUT2D eigenvalue weighted by Gasteiger charge is 2.40. The van der Waals surface area contributed by atoms with Gasteiger partial charge in [-0.15, -0.1) is 11.3 Å². The molecule has 0 saturated heterocycles. The van der Waals surface area contributed by atoms with Crippen LogP contribution in [0.25, 0.3) is 27.1 Å². The summed E-state index contributed by atoms with van der Waals surface area (Å²) in [5.74, 6) is 0.761. The molecule has 1 aliphatic heterocycles. The first-order valence-electron chi connectivity index (χ1n) is 10.6. The number of nitrogens with two attached hydrogens (primary N) is 1. The zero-order valence-electron chi connectivity index (χ0n) is 18.2. The van der Waals surface area contributed by atoms with Crippen LogP contribution in [0.5, 0.6) is 0 Å². The number of furan rings is 1. The lowest BCUT2D eigenvalue weighted by atomic mass is 9.86. The van der Waals surface area contributed by atoms with E-state index in [4.69, 9.17) is 24.6 Å². The minimum Gasteiger partial charge on any atom is -0.463 e. The zero-order valence-corrected chi connectivity index (χ0v) is 19.0. The molecule has 166 valence electrons. The van der Waals surface area contributed by atoms with Crippen molar-refractivity contribution in [3.63, 3.8) is 0 Å². The maximum Gasteiger partial charge on any atom is 0.338 e. The van der Waals surface area contributed by atoms with Crippen LogP contribution in [0.15, 0.2) is 88.4 Å². The van der Waals surface area contributed by atoms with E-state index in [2.05, 4.69) is 0 Å². The highest BCUT2D eigenvalue weighted by molar-refractivity contribution is 7.19. The van der Waals surface area contributed by atoms with Gasteiger partial charge in [-0.05, 0) is 38.1 Å². The Hall–Kier alpha value is -3.84. The number of hydrogen-bond donors (Lipinski definition) is 1. The van der Waals surface area contributed by atoms with Crippen LogP contribution in [0, 0.1) is 0 Å². The average Bonchev–Trinajstić information content (AvgIpc) is 3.46. The Morgan fingerprint density at radius 1 is 1.09 bits per heavy atom. The Kier molecular flexibility index (Phi) is 5.48. The van der Waals surface area contributed by atoms with Crippen molar-refractivity contribution < 1.29 is 18.7 Å². The van der Waals surface area contributed by atoms with Gasteiger partial charge in [-0.25, -0.2) is 9.78 Å². The van der Waals surface area contributed by atoms with Crippen molar-refractivity contribution >= 4 is 33.1 Å². The molecule has 33 heavy (non-hydrogen) atoms. The van der Waals surface area contributed by atoms with Gasteiger partial charge in [0.1, 0.15) is 22.3 Å². The van der Waals surface area contributed by atoms with Gasteiger partial charge in [-0.1, -0.05) is 42.5 Å². The van der Waals surface area contributed by atoms with Gasteiger partial charge in [0.05, 0.1) is 33.9 Å². The van der Waals surface area contributed by atoms with Crippen LogP contribution in [0.4, 0.5) is 0 Å². The first-order valence-corrected chi connectivity index (χ1v) is 11.4. The number of benzene rings is 2. The number of rotatable bonds is 5. The van der Waals surface area contributed by atoms with Gasteiger partial charge in [0.15, 0.2) is 5.88 Å². The number of carbonyl (C=O) groups is 1. The van der Waals surface area contributed by atoms with E-state index in [1.54, 1.807) is 13.8 Å². The lowest BCUT2D eigenvalue weighted by Crippen LogP contribution is -2.25. The largest absolute Gasteiger partial charge is 0.463 e. The van der Waals surface area contributed by atoms with Crippen LogP contribution in [-0.4, -0.2) is 17.6 Å². The molecule has 0 spiro atoms. The predicted molar refractivity (Wildman–Crippen MR) is 128 cm³/mol. The summed E-state index contributed by atoms with van der Waals surface area (Å²) in [5.41, 5.74) is 9.14. The molecule has 0 unspecified atom stereocenters. The smallest absolute Gasteiger partial charge is 0.338 e. The minimum absolute atomic E-state index is 0.197. The van der Waals surface area contributed by atoms with Crippen LogP contribution < -0.4 is 5.73 Å². The molecule has 0 fully saturated rings. The van der Waals surface area contributed by atoms with Crippen LogP contribution >= 0.6 is 11.3 Å². The zero-order chi connectivity index (χ0) is 22.9. The second kappa shape index (κ2) is 8.60. The number of ether oxygens (including phenoxy) is 2. The molecule has 0 radical (unpaired) electrons. The van der Waals surface area contributed by atoms with Crippen molar-refractivity contribution in [1.82, 2.24) is 4.98 Å². The molecule has 1 aliphatic rings. The first-order chi connectivity index (χ1) is 16.1. The van der Waals surface area contributed by atoms with Gasteiger partial charge in [0.2, 0.25) is 0 Å². The number of nitrogens with zero attached hydrogens (tertiary/aromatic N) is 1. The number of hydrogen-bond acceptors (Lipinski definition) is 7. The molecule has 5 rings (SSSR count). The first kappa shape index (κ1) is 21.0. The molecule has 6 nitrogen and oxygen atoms in total.